The first-order chi connectivity index (χ1) is 8.63. The minimum atomic E-state index is -0.941. The molecule has 5 heteroatoms. The predicted octanol–water partition coefficient (Wildman–Crippen LogP) is 1.87. The molecule has 1 rings (SSSR count). The monoisotopic (exact) mass is 253 g/mol. The fourth-order valence-corrected chi connectivity index (χ4v) is 1.73. The average molecular weight is 253 g/mol. The number of anilines is 1. The molecule has 0 aliphatic rings. The lowest BCUT2D eigenvalue weighted by Crippen LogP contribution is -2.28. The minimum Gasteiger partial charge on any atom is -0.497 e. The number of methoxy groups -OCH3 is 2. The maximum absolute atomic E-state index is 11.2. The first-order valence-corrected chi connectivity index (χ1v) is 5.79. The number of rotatable bonds is 7. The van der Waals surface area contributed by atoms with E-state index in [1.54, 1.807) is 32.4 Å². The van der Waals surface area contributed by atoms with Gasteiger partial charge in [-0.05, 0) is 19.1 Å². The number of carbonyl (C=O) groups is 1. The van der Waals surface area contributed by atoms with Crippen LogP contribution < -0.4 is 9.64 Å². The molecule has 0 saturated carbocycles. The zero-order chi connectivity index (χ0) is 13.5. The van der Waals surface area contributed by atoms with Crippen molar-refractivity contribution in [2.45, 2.75) is 6.92 Å². The van der Waals surface area contributed by atoms with Crippen LogP contribution in [0.5, 0.6) is 5.75 Å². The van der Waals surface area contributed by atoms with Crippen LogP contribution in [0.4, 0.5) is 5.69 Å². The smallest absolute Gasteiger partial charge is 0.337 e. The van der Waals surface area contributed by atoms with Gasteiger partial charge in [0.15, 0.2) is 0 Å². The molecule has 100 valence electrons. The molecule has 0 bridgehead atoms. The molecule has 18 heavy (non-hydrogen) atoms. The molecule has 1 aromatic rings. The lowest BCUT2D eigenvalue weighted by atomic mass is 10.1. The van der Waals surface area contributed by atoms with E-state index in [2.05, 4.69) is 0 Å². The average Bonchev–Trinajstić information content (AvgIpc) is 2.39. The molecule has 5 nitrogen and oxygen atoms in total. The molecule has 1 N–H and O–H groups in total. The Kier molecular flexibility index (Phi) is 5.45. The zero-order valence-electron chi connectivity index (χ0n) is 11.0. The van der Waals surface area contributed by atoms with Crippen LogP contribution in [-0.2, 0) is 4.74 Å². The van der Waals surface area contributed by atoms with Crippen molar-refractivity contribution in [2.24, 2.45) is 0 Å². The Morgan fingerprint density at radius 3 is 2.61 bits per heavy atom. The Morgan fingerprint density at radius 1 is 1.39 bits per heavy atom. The third-order valence-electron chi connectivity index (χ3n) is 2.72. The summed E-state index contributed by atoms with van der Waals surface area (Å²) in [5.41, 5.74) is 0.926. The summed E-state index contributed by atoms with van der Waals surface area (Å²) in [5, 5.41) is 9.20. The number of hydrogen-bond donors (Lipinski definition) is 1. The Labute approximate surface area is 107 Å². The van der Waals surface area contributed by atoms with Crippen molar-refractivity contribution in [2.75, 3.05) is 38.8 Å². The number of aromatic carboxylic acids is 1. The second-order valence-electron chi connectivity index (χ2n) is 3.76. The van der Waals surface area contributed by atoms with E-state index in [0.29, 0.717) is 31.1 Å². The van der Waals surface area contributed by atoms with Gasteiger partial charge in [-0.25, -0.2) is 4.79 Å². The van der Waals surface area contributed by atoms with E-state index >= 15 is 0 Å². The van der Waals surface area contributed by atoms with Crippen molar-refractivity contribution in [3.63, 3.8) is 0 Å². The summed E-state index contributed by atoms with van der Waals surface area (Å²) >= 11 is 0. The Balaban J connectivity index is 3.11. The molecular formula is C13H19NO4. The number of hydrogen-bond acceptors (Lipinski definition) is 4. The highest BCUT2D eigenvalue weighted by molar-refractivity contribution is 5.94. The molecule has 0 aromatic heterocycles. The highest BCUT2D eigenvalue weighted by atomic mass is 16.5. The van der Waals surface area contributed by atoms with Gasteiger partial charge in [-0.15, -0.1) is 0 Å². The van der Waals surface area contributed by atoms with E-state index < -0.39 is 5.97 Å². The normalized spacial score (nSPS) is 10.2. The number of likely N-dealkylation sites (N-methyl/N-ethyl adjacent to an activating group) is 1. The van der Waals surface area contributed by atoms with Crippen LogP contribution in [0.2, 0.25) is 0 Å². The van der Waals surface area contributed by atoms with Crippen LogP contribution in [-0.4, -0.2) is 45.0 Å². The molecule has 0 spiro atoms. The van der Waals surface area contributed by atoms with Gasteiger partial charge in [0, 0.05) is 26.3 Å². The van der Waals surface area contributed by atoms with Gasteiger partial charge in [0.1, 0.15) is 5.75 Å². The number of benzene rings is 1. The van der Waals surface area contributed by atoms with Crippen molar-refractivity contribution in [3.8, 4) is 5.75 Å². The molecule has 0 amide bonds. The summed E-state index contributed by atoms with van der Waals surface area (Å²) in [6.07, 6.45) is 0. The number of carboxylic acids is 1. The second kappa shape index (κ2) is 6.86. The van der Waals surface area contributed by atoms with E-state index in [1.807, 2.05) is 11.8 Å². The van der Waals surface area contributed by atoms with E-state index in [4.69, 9.17) is 9.47 Å². The Hall–Kier alpha value is -1.75. The van der Waals surface area contributed by atoms with E-state index in [-0.39, 0.29) is 5.56 Å². The van der Waals surface area contributed by atoms with Gasteiger partial charge in [0.25, 0.3) is 0 Å². The maximum atomic E-state index is 11.2. The third-order valence-corrected chi connectivity index (χ3v) is 2.72. The fraction of sp³-hybridized carbons (Fsp3) is 0.462. The number of ether oxygens (including phenoxy) is 2. The summed E-state index contributed by atoms with van der Waals surface area (Å²) in [6.45, 7) is 3.86. The van der Waals surface area contributed by atoms with Gasteiger partial charge in [-0.3, -0.25) is 0 Å². The van der Waals surface area contributed by atoms with Crippen LogP contribution >= 0.6 is 0 Å². The molecule has 0 aliphatic heterocycles. The zero-order valence-corrected chi connectivity index (χ0v) is 11.0. The minimum absolute atomic E-state index is 0.272. The Bertz CT molecular complexity index is 406. The predicted molar refractivity (Wildman–Crippen MR) is 69.7 cm³/mol. The third kappa shape index (κ3) is 3.37. The van der Waals surface area contributed by atoms with Gasteiger partial charge in [0.2, 0.25) is 0 Å². The summed E-state index contributed by atoms with van der Waals surface area (Å²) in [5.74, 6) is -0.297. The SMILES string of the molecule is CCN(CCOC)c1cc(OC)ccc1C(=O)O. The van der Waals surface area contributed by atoms with E-state index in [9.17, 15) is 9.90 Å². The second-order valence-corrected chi connectivity index (χ2v) is 3.76. The molecule has 0 unspecified atom stereocenters. The molecule has 0 atom stereocenters. The molecule has 0 saturated heterocycles. The summed E-state index contributed by atoms with van der Waals surface area (Å²) in [4.78, 5) is 13.2. The topological polar surface area (TPSA) is 59.0 Å². The lowest BCUT2D eigenvalue weighted by molar-refractivity contribution is 0.0697. The number of carboxylic acid groups (broad SMARTS) is 1. The van der Waals surface area contributed by atoms with Crippen LogP contribution in [0, 0.1) is 0 Å². The largest absolute Gasteiger partial charge is 0.497 e. The number of nitrogens with zero attached hydrogens (tertiary/aromatic N) is 1. The summed E-state index contributed by atoms with van der Waals surface area (Å²) in [7, 11) is 3.18. The molecule has 0 fully saturated rings. The molecule has 0 aliphatic carbocycles. The van der Waals surface area contributed by atoms with Crippen molar-refractivity contribution in [1.82, 2.24) is 0 Å². The molecule has 0 heterocycles. The van der Waals surface area contributed by atoms with E-state index in [1.165, 1.54) is 0 Å². The van der Waals surface area contributed by atoms with Crippen LogP contribution in [0.3, 0.4) is 0 Å². The van der Waals surface area contributed by atoms with Crippen molar-refractivity contribution < 1.29 is 19.4 Å². The first-order valence-electron chi connectivity index (χ1n) is 5.79. The highest BCUT2D eigenvalue weighted by Gasteiger charge is 2.15. The summed E-state index contributed by atoms with van der Waals surface area (Å²) in [6, 6.07) is 4.95. The molecule has 0 radical (unpaired) electrons. The standard InChI is InChI=1S/C13H19NO4/c1-4-14(7-8-17-2)12-9-10(18-3)5-6-11(12)13(15)16/h5-6,9H,4,7-8H2,1-3H3,(H,15,16). The maximum Gasteiger partial charge on any atom is 0.337 e. The lowest BCUT2D eigenvalue weighted by Gasteiger charge is -2.24. The molecular weight excluding hydrogens is 234 g/mol. The van der Waals surface area contributed by atoms with Gasteiger partial charge in [0.05, 0.1) is 25.0 Å². The van der Waals surface area contributed by atoms with Gasteiger partial charge in [-0.1, -0.05) is 0 Å². The van der Waals surface area contributed by atoms with Crippen molar-refractivity contribution >= 4 is 11.7 Å². The first kappa shape index (κ1) is 14.3. The van der Waals surface area contributed by atoms with Gasteiger partial charge < -0.3 is 19.5 Å². The van der Waals surface area contributed by atoms with Gasteiger partial charge in [-0.2, -0.15) is 0 Å². The summed E-state index contributed by atoms with van der Waals surface area (Å²) < 4.78 is 10.2. The fourth-order valence-electron chi connectivity index (χ4n) is 1.73. The van der Waals surface area contributed by atoms with Crippen LogP contribution in [0.15, 0.2) is 18.2 Å². The van der Waals surface area contributed by atoms with Crippen LogP contribution in [0.25, 0.3) is 0 Å². The van der Waals surface area contributed by atoms with Crippen LogP contribution in [0.1, 0.15) is 17.3 Å². The molecule has 1 aromatic carbocycles. The quantitative estimate of drug-likeness (QED) is 0.803. The van der Waals surface area contributed by atoms with Gasteiger partial charge >= 0.3 is 5.97 Å². The van der Waals surface area contributed by atoms with Crippen molar-refractivity contribution in [3.05, 3.63) is 23.8 Å². The van der Waals surface area contributed by atoms with E-state index in [0.717, 1.165) is 0 Å². The van der Waals surface area contributed by atoms with Crippen molar-refractivity contribution in [1.29, 1.82) is 0 Å². The Morgan fingerprint density at radius 2 is 2.11 bits per heavy atom. The highest BCUT2D eigenvalue weighted by Crippen LogP contribution is 2.26.